The molecule has 1 saturated carbocycles. The topological polar surface area (TPSA) is 27.8 Å². The van der Waals surface area contributed by atoms with Crippen molar-refractivity contribution in [3.63, 3.8) is 0 Å². The maximum Gasteiger partial charge on any atom is 0.0478 e. The van der Waals surface area contributed by atoms with Gasteiger partial charge in [0.05, 0.1) is 0 Å². The van der Waals surface area contributed by atoms with Gasteiger partial charge in [0, 0.05) is 28.7 Å². The molecule has 1 heterocycles. The fourth-order valence-electron chi connectivity index (χ4n) is 3.74. The van der Waals surface area contributed by atoms with Crippen LogP contribution in [-0.2, 0) is 6.42 Å². The van der Waals surface area contributed by atoms with Crippen molar-refractivity contribution in [3.05, 3.63) is 35.5 Å². The lowest BCUT2D eigenvalue weighted by Crippen LogP contribution is -2.28. The van der Waals surface area contributed by atoms with Gasteiger partial charge in [0.15, 0.2) is 0 Å². The van der Waals surface area contributed by atoms with Crippen LogP contribution in [0.5, 0.6) is 0 Å². The van der Waals surface area contributed by atoms with Crippen molar-refractivity contribution in [2.45, 2.75) is 51.1 Å². The minimum absolute atomic E-state index is 0.553. The van der Waals surface area contributed by atoms with Crippen LogP contribution in [0.2, 0.25) is 0 Å². The van der Waals surface area contributed by atoms with Crippen LogP contribution in [0, 0.1) is 5.92 Å². The van der Waals surface area contributed by atoms with Crippen LogP contribution in [0.1, 0.15) is 49.9 Å². The zero-order valence-corrected chi connectivity index (χ0v) is 11.6. The average Bonchev–Trinajstić information content (AvgIpc) is 3.09. The monoisotopic (exact) mass is 254 g/mol. The first-order chi connectivity index (χ1) is 9.36. The largest absolute Gasteiger partial charge is 0.357 e. The van der Waals surface area contributed by atoms with Gasteiger partial charge < -0.3 is 10.3 Å². The summed E-state index contributed by atoms with van der Waals surface area (Å²) in [5, 5.41) is 5.32. The number of rotatable bonds is 3. The van der Waals surface area contributed by atoms with Gasteiger partial charge >= 0.3 is 0 Å². The van der Waals surface area contributed by atoms with Gasteiger partial charge in [0.1, 0.15) is 0 Å². The predicted octanol–water partition coefficient (Wildman–Crippen LogP) is 3.93. The quantitative estimate of drug-likeness (QED) is 0.853. The molecule has 1 aromatic heterocycles. The molecule has 2 aromatic rings. The first-order valence-corrected chi connectivity index (χ1v) is 7.72. The lowest BCUT2D eigenvalue weighted by Gasteiger charge is -2.24. The second kappa shape index (κ2) is 4.38. The summed E-state index contributed by atoms with van der Waals surface area (Å²) in [4.78, 5) is 3.67. The average molecular weight is 254 g/mol. The van der Waals surface area contributed by atoms with Gasteiger partial charge in [0.25, 0.3) is 0 Å². The molecule has 0 aliphatic heterocycles. The molecule has 2 N–H and O–H groups in total. The molecule has 3 atom stereocenters. The Morgan fingerprint density at radius 1 is 1.32 bits per heavy atom. The van der Waals surface area contributed by atoms with Crippen LogP contribution in [0.25, 0.3) is 10.9 Å². The highest BCUT2D eigenvalue weighted by Crippen LogP contribution is 2.39. The van der Waals surface area contributed by atoms with E-state index in [1.54, 1.807) is 5.56 Å². The number of para-hydroxylation sites is 1. The molecule has 0 radical (unpaired) electrons. The fraction of sp³-hybridized carbons (Fsp3) is 0.529. The van der Waals surface area contributed by atoms with E-state index in [1.165, 1.54) is 48.7 Å². The van der Waals surface area contributed by atoms with Gasteiger partial charge in [-0.15, -0.1) is 0 Å². The molecule has 2 heteroatoms. The summed E-state index contributed by atoms with van der Waals surface area (Å²) in [5.41, 5.74) is 4.34. The second-order valence-corrected chi connectivity index (χ2v) is 6.18. The molecule has 2 nitrogen and oxygen atoms in total. The van der Waals surface area contributed by atoms with Crippen molar-refractivity contribution < 1.29 is 0 Å². The van der Waals surface area contributed by atoms with Crippen molar-refractivity contribution in [2.75, 3.05) is 0 Å². The molecule has 2 aliphatic rings. The predicted molar refractivity (Wildman–Crippen MR) is 79.3 cm³/mol. The first-order valence-electron chi connectivity index (χ1n) is 7.72. The standard InChI is InChI=1S/C17H22N2/c1-2-11-10-16(11)18-15-9-5-7-13-12-6-3-4-8-14(12)19-17(13)15/h3-4,6,8,11,15-16,18-19H,2,5,7,9-10H2,1H3. The number of fused-ring (bicyclic) bond motifs is 3. The molecule has 4 rings (SSSR count). The van der Waals surface area contributed by atoms with Crippen molar-refractivity contribution in [3.8, 4) is 0 Å². The van der Waals surface area contributed by atoms with E-state index in [0.717, 1.165) is 12.0 Å². The zero-order valence-electron chi connectivity index (χ0n) is 11.6. The third kappa shape index (κ3) is 1.90. The molecule has 1 aromatic carbocycles. The third-order valence-electron chi connectivity index (χ3n) is 4.98. The summed E-state index contributed by atoms with van der Waals surface area (Å²) in [6, 6.07) is 10.1. The molecule has 0 bridgehead atoms. The molecule has 0 spiro atoms. The Labute approximate surface area is 114 Å². The fourth-order valence-corrected chi connectivity index (χ4v) is 3.74. The summed E-state index contributed by atoms with van der Waals surface area (Å²) in [6.45, 7) is 2.31. The van der Waals surface area contributed by atoms with Crippen molar-refractivity contribution in [1.29, 1.82) is 0 Å². The van der Waals surface area contributed by atoms with E-state index in [1.807, 2.05) is 0 Å². The molecular formula is C17H22N2. The van der Waals surface area contributed by atoms with Gasteiger partial charge in [-0.3, -0.25) is 0 Å². The molecule has 0 saturated heterocycles. The molecule has 1 fully saturated rings. The van der Waals surface area contributed by atoms with Crippen LogP contribution in [0.15, 0.2) is 24.3 Å². The Kier molecular flexibility index (Phi) is 2.66. The van der Waals surface area contributed by atoms with Gasteiger partial charge in [0.2, 0.25) is 0 Å². The molecular weight excluding hydrogens is 232 g/mol. The summed E-state index contributed by atoms with van der Waals surface area (Å²) in [7, 11) is 0. The van der Waals surface area contributed by atoms with Gasteiger partial charge in [-0.2, -0.15) is 0 Å². The number of aryl methyl sites for hydroxylation is 1. The third-order valence-corrected chi connectivity index (χ3v) is 4.98. The number of H-pyrrole nitrogens is 1. The van der Waals surface area contributed by atoms with E-state index in [2.05, 4.69) is 41.5 Å². The van der Waals surface area contributed by atoms with Crippen molar-refractivity contribution in [1.82, 2.24) is 10.3 Å². The lowest BCUT2D eigenvalue weighted by molar-refractivity contribution is 0.438. The summed E-state index contributed by atoms with van der Waals surface area (Å²) < 4.78 is 0. The van der Waals surface area contributed by atoms with Crippen molar-refractivity contribution in [2.24, 2.45) is 5.92 Å². The lowest BCUT2D eigenvalue weighted by atomic mass is 9.91. The van der Waals surface area contributed by atoms with E-state index in [-0.39, 0.29) is 0 Å². The van der Waals surface area contributed by atoms with Crippen LogP contribution in [0.3, 0.4) is 0 Å². The van der Waals surface area contributed by atoms with E-state index >= 15 is 0 Å². The van der Waals surface area contributed by atoms with E-state index in [9.17, 15) is 0 Å². The molecule has 3 unspecified atom stereocenters. The molecule has 2 aliphatic carbocycles. The molecule has 19 heavy (non-hydrogen) atoms. The highest BCUT2D eigenvalue weighted by molar-refractivity contribution is 5.85. The Bertz CT molecular complexity index is 598. The number of benzene rings is 1. The minimum Gasteiger partial charge on any atom is -0.357 e. The van der Waals surface area contributed by atoms with E-state index < -0.39 is 0 Å². The van der Waals surface area contributed by atoms with Gasteiger partial charge in [-0.25, -0.2) is 0 Å². The SMILES string of the molecule is CCC1CC1NC1CCCc2c1[nH]c1ccccc21. The first kappa shape index (κ1) is 11.5. The van der Waals surface area contributed by atoms with Crippen LogP contribution in [-0.4, -0.2) is 11.0 Å². The Morgan fingerprint density at radius 3 is 3.05 bits per heavy atom. The van der Waals surface area contributed by atoms with Gasteiger partial charge in [-0.1, -0.05) is 31.5 Å². The Hall–Kier alpha value is -1.28. The number of hydrogen-bond acceptors (Lipinski definition) is 1. The second-order valence-electron chi connectivity index (χ2n) is 6.18. The van der Waals surface area contributed by atoms with E-state index in [4.69, 9.17) is 0 Å². The van der Waals surface area contributed by atoms with Crippen molar-refractivity contribution >= 4 is 10.9 Å². The van der Waals surface area contributed by atoms with Crippen LogP contribution < -0.4 is 5.32 Å². The number of aromatic amines is 1. The summed E-state index contributed by atoms with van der Waals surface area (Å²) >= 11 is 0. The summed E-state index contributed by atoms with van der Waals surface area (Å²) in [6.07, 6.45) is 6.54. The normalized spacial score (nSPS) is 29.4. The number of nitrogens with one attached hydrogen (secondary N) is 2. The van der Waals surface area contributed by atoms with Gasteiger partial charge in [-0.05, 0) is 43.2 Å². The maximum absolute atomic E-state index is 3.88. The number of aromatic nitrogens is 1. The minimum atomic E-state index is 0.553. The zero-order chi connectivity index (χ0) is 12.8. The highest BCUT2D eigenvalue weighted by Gasteiger charge is 2.38. The molecule has 0 amide bonds. The van der Waals surface area contributed by atoms with E-state index in [0.29, 0.717) is 6.04 Å². The van der Waals surface area contributed by atoms with Crippen LogP contribution >= 0.6 is 0 Å². The van der Waals surface area contributed by atoms with Crippen LogP contribution in [0.4, 0.5) is 0 Å². The Morgan fingerprint density at radius 2 is 2.21 bits per heavy atom. The molecule has 100 valence electrons. The smallest absolute Gasteiger partial charge is 0.0478 e. The number of hydrogen-bond donors (Lipinski definition) is 2. The highest BCUT2D eigenvalue weighted by atomic mass is 15.0. The Balaban J connectivity index is 1.66. The summed E-state index contributed by atoms with van der Waals surface area (Å²) in [5.74, 6) is 0.926. The maximum atomic E-state index is 3.88.